The van der Waals surface area contributed by atoms with Crippen LogP contribution in [0.4, 0.5) is 11.6 Å². The minimum atomic E-state index is -3.87. The Labute approximate surface area is 192 Å². The van der Waals surface area contributed by atoms with Crippen LogP contribution < -0.4 is 14.8 Å². The first-order valence-corrected chi connectivity index (χ1v) is 11.6. The van der Waals surface area contributed by atoms with Crippen molar-refractivity contribution in [3.63, 3.8) is 0 Å². The number of carbonyl (C=O) groups excluding carboxylic acids is 1. The normalized spacial score (nSPS) is 12.2. The molecule has 1 unspecified atom stereocenters. The van der Waals surface area contributed by atoms with Crippen molar-refractivity contribution in [1.29, 1.82) is 0 Å². The lowest BCUT2D eigenvalue weighted by atomic mass is 10.1. The second-order valence-corrected chi connectivity index (χ2v) is 9.33. The zero-order chi connectivity index (χ0) is 23.5. The third-order valence-corrected chi connectivity index (χ3v) is 6.48. The first-order valence-electron chi connectivity index (χ1n) is 9.72. The number of amides is 1. The van der Waals surface area contributed by atoms with Crippen molar-refractivity contribution in [2.75, 3.05) is 10.0 Å². The lowest BCUT2D eigenvalue weighted by Gasteiger charge is -2.16. The zero-order valence-corrected chi connectivity index (χ0v) is 19.6. The van der Waals surface area contributed by atoms with E-state index in [9.17, 15) is 13.2 Å². The Hall–Kier alpha value is -3.17. The Morgan fingerprint density at radius 2 is 1.69 bits per heavy atom. The van der Waals surface area contributed by atoms with Gasteiger partial charge in [-0.2, -0.15) is 0 Å². The number of nitrogens with one attached hydrogen (secondary N) is 2. The molecule has 1 atom stereocenters. The highest BCUT2D eigenvalue weighted by atomic mass is 35.5. The smallest absolute Gasteiger partial charge is 0.265 e. The highest BCUT2D eigenvalue weighted by Gasteiger charge is 2.18. The number of ether oxygens (including phenoxy) is 1. The summed E-state index contributed by atoms with van der Waals surface area (Å²) in [6.07, 6.45) is 0.688. The maximum Gasteiger partial charge on any atom is 0.265 e. The van der Waals surface area contributed by atoms with Crippen molar-refractivity contribution in [3.8, 4) is 5.75 Å². The van der Waals surface area contributed by atoms with Crippen molar-refractivity contribution >= 4 is 39.2 Å². The molecule has 1 heterocycles. The Bertz CT molecular complexity index is 1220. The largest absolute Gasteiger partial charge is 0.481 e. The molecule has 2 aromatic carbocycles. The molecule has 1 amide bonds. The fourth-order valence-electron chi connectivity index (χ4n) is 2.87. The number of anilines is 2. The summed E-state index contributed by atoms with van der Waals surface area (Å²) in [6.45, 7) is 7.08. The molecule has 0 fully saturated rings. The number of rotatable bonds is 7. The van der Waals surface area contributed by atoms with Crippen molar-refractivity contribution in [2.45, 2.75) is 38.7 Å². The molecular formula is C22H23ClN4O4S. The number of hydrogen-bond acceptors (Lipinski definition) is 6. The van der Waals surface area contributed by atoms with Gasteiger partial charge in [-0.05, 0) is 81.3 Å². The first-order chi connectivity index (χ1) is 15.0. The molecule has 0 radical (unpaired) electrons. The van der Waals surface area contributed by atoms with E-state index in [1.165, 1.54) is 30.5 Å². The summed E-state index contributed by atoms with van der Waals surface area (Å²) in [6, 6.07) is 10.9. The molecule has 3 aromatic rings. The molecule has 0 saturated heterocycles. The maximum absolute atomic E-state index is 12.5. The number of aryl methyl sites for hydroxylation is 3. The van der Waals surface area contributed by atoms with Crippen molar-refractivity contribution < 1.29 is 17.9 Å². The summed E-state index contributed by atoms with van der Waals surface area (Å²) in [4.78, 5) is 20.4. The second-order valence-electron chi connectivity index (χ2n) is 7.27. The number of nitrogens with zero attached hydrogens (tertiary/aromatic N) is 2. The predicted octanol–water partition coefficient (Wildman–Crippen LogP) is 4.26. The standard InChI is InChI=1S/C22H23ClN4O4S/c1-13-11-18(12-14(2)20(13)23)31-16(4)21(28)26-17-5-7-19(8-6-17)32(29,30)27-22-24-10-9-15(3)25-22/h5-12,16H,1-4H3,(H,26,28)(H,24,25,27). The van der Waals surface area contributed by atoms with Crippen LogP contribution in [0.1, 0.15) is 23.7 Å². The van der Waals surface area contributed by atoms with E-state index in [1.807, 2.05) is 13.8 Å². The summed E-state index contributed by atoms with van der Waals surface area (Å²) in [7, 11) is -3.87. The van der Waals surface area contributed by atoms with E-state index in [-0.39, 0.29) is 16.8 Å². The van der Waals surface area contributed by atoms with Crippen LogP contribution in [0.15, 0.2) is 53.6 Å². The molecule has 1 aromatic heterocycles. The van der Waals surface area contributed by atoms with Crippen LogP contribution in [-0.4, -0.2) is 30.4 Å². The lowest BCUT2D eigenvalue weighted by molar-refractivity contribution is -0.122. The molecule has 0 aliphatic rings. The summed E-state index contributed by atoms with van der Waals surface area (Å²) in [5.74, 6) is 0.149. The molecule has 8 nitrogen and oxygen atoms in total. The van der Waals surface area contributed by atoms with Gasteiger partial charge in [-0.15, -0.1) is 0 Å². The number of aromatic nitrogens is 2. The quantitative estimate of drug-likeness (QED) is 0.529. The van der Waals surface area contributed by atoms with Gasteiger partial charge in [0.1, 0.15) is 5.75 Å². The van der Waals surface area contributed by atoms with E-state index >= 15 is 0 Å². The van der Waals surface area contributed by atoms with Gasteiger partial charge in [-0.1, -0.05) is 11.6 Å². The zero-order valence-electron chi connectivity index (χ0n) is 18.0. The predicted molar refractivity (Wildman–Crippen MR) is 124 cm³/mol. The molecule has 168 valence electrons. The Kier molecular flexibility index (Phi) is 7.00. The average molecular weight is 475 g/mol. The fourth-order valence-corrected chi connectivity index (χ4v) is 3.93. The van der Waals surface area contributed by atoms with Gasteiger partial charge in [0.05, 0.1) is 4.90 Å². The van der Waals surface area contributed by atoms with E-state index < -0.39 is 16.1 Å². The fraction of sp³-hybridized carbons (Fsp3) is 0.227. The van der Waals surface area contributed by atoms with Gasteiger partial charge < -0.3 is 10.1 Å². The molecule has 32 heavy (non-hydrogen) atoms. The second kappa shape index (κ2) is 9.54. The van der Waals surface area contributed by atoms with Gasteiger partial charge >= 0.3 is 0 Å². The number of carbonyl (C=O) groups is 1. The van der Waals surface area contributed by atoms with Gasteiger partial charge in [0, 0.05) is 22.6 Å². The number of sulfonamides is 1. The summed E-state index contributed by atoms with van der Waals surface area (Å²) < 4.78 is 33.1. The van der Waals surface area contributed by atoms with Gasteiger partial charge in [-0.3, -0.25) is 4.79 Å². The summed E-state index contributed by atoms with van der Waals surface area (Å²) in [5.41, 5.74) is 2.78. The highest BCUT2D eigenvalue weighted by molar-refractivity contribution is 7.92. The lowest BCUT2D eigenvalue weighted by Crippen LogP contribution is -2.30. The molecule has 3 rings (SSSR count). The van der Waals surface area contributed by atoms with Crippen LogP contribution in [0.5, 0.6) is 5.75 Å². The molecule has 10 heteroatoms. The first kappa shape index (κ1) is 23.5. The minimum Gasteiger partial charge on any atom is -0.481 e. The number of benzene rings is 2. The maximum atomic E-state index is 12.5. The summed E-state index contributed by atoms with van der Waals surface area (Å²) >= 11 is 6.16. The molecule has 0 aliphatic heterocycles. The molecule has 0 spiro atoms. The van der Waals surface area contributed by atoms with Crippen LogP contribution in [0.2, 0.25) is 5.02 Å². The van der Waals surface area contributed by atoms with Crippen LogP contribution in [0.25, 0.3) is 0 Å². The Balaban J connectivity index is 1.65. The topological polar surface area (TPSA) is 110 Å². The molecule has 0 aliphatic carbocycles. The summed E-state index contributed by atoms with van der Waals surface area (Å²) in [5, 5.41) is 3.37. The van der Waals surface area contributed by atoms with Crippen LogP contribution in [0.3, 0.4) is 0 Å². The SMILES string of the molecule is Cc1ccnc(NS(=O)(=O)c2ccc(NC(=O)C(C)Oc3cc(C)c(Cl)c(C)c3)cc2)n1. The number of halogens is 1. The Morgan fingerprint density at radius 1 is 1.06 bits per heavy atom. The van der Waals surface area contributed by atoms with E-state index in [4.69, 9.17) is 16.3 Å². The third kappa shape index (κ3) is 5.74. The third-order valence-electron chi connectivity index (χ3n) is 4.54. The van der Waals surface area contributed by atoms with Gasteiger partial charge in [-0.25, -0.2) is 23.1 Å². The average Bonchev–Trinajstić information content (AvgIpc) is 2.72. The molecule has 0 bridgehead atoms. The Morgan fingerprint density at radius 3 is 2.28 bits per heavy atom. The molecular weight excluding hydrogens is 452 g/mol. The van der Waals surface area contributed by atoms with Crippen molar-refractivity contribution in [3.05, 3.63) is 70.5 Å². The van der Waals surface area contributed by atoms with Gasteiger partial charge in [0.25, 0.3) is 15.9 Å². The molecule has 2 N–H and O–H groups in total. The van der Waals surface area contributed by atoms with E-state index in [0.29, 0.717) is 22.2 Å². The molecule has 0 saturated carbocycles. The van der Waals surface area contributed by atoms with Gasteiger partial charge in [0.2, 0.25) is 5.95 Å². The van der Waals surface area contributed by atoms with Gasteiger partial charge in [0.15, 0.2) is 6.10 Å². The number of hydrogen-bond donors (Lipinski definition) is 2. The van der Waals surface area contributed by atoms with Crippen molar-refractivity contribution in [1.82, 2.24) is 9.97 Å². The highest BCUT2D eigenvalue weighted by Crippen LogP contribution is 2.26. The van der Waals surface area contributed by atoms with Crippen molar-refractivity contribution in [2.24, 2.45) is 0 Å². The van der Waals surface area contributed by atoms with Crippen LogP contribution in [-0.2, 0) is 14.8 Å². The van der Waals surface area contributed by atoms with E-state index in [0.717, 1.165) is 11.1 Å². The van der Waals surface area contributed by atoms with E-state index in [2.05, 4.69) is 20.0 Å². The van der Waals surface area contributed by atoms with Crippen LogP contribution >= 0.6 is 11.6 Å². The monoisotopic (exact) mass is 474 g/mol. The minimum absolute atomic E-state index is 0.0111. The van der Waals surface area contributed by atoms with Crippen LogP contribution in [0, 0.1) is 20.8 Å². The van der Waals surface area contributed by atoms with E-state index in [1.54, 1.807) is 32.0 Å².